The Hall–Kier alpha value is -1.20. The third kappa shape index (κ3) is 4.39. The molecule has 0 atom stereocenters. The van der Waals surface area contributed by atoms with Crippen molar-refractivity contribution in [1.82, 2.24) is 5.32 Å². The van der Waals surface area contributed by atoms with Crippen molar-refractivity contribution in [3.05, 3.63) is 11.3 Å². The maximum atomic E-state index is 11.8. The van der Waals surface area contributed by atoms with E-state index >= 15 is 0 Å². The van der Waals surface area contributed by atoms with E-state index < -0.39 is 24.3 Å². The van der Waals surface area contributed by atoms with Crippen LogP contribution in [0, 0.1) is 0 Å². The highest BCUT2D eigenvalue weighted by atomic mass is 19.4. The molecule has 0 rings (SSSR count). The van der Waals surface area contributed by atoms with E-state index in [1.54, 1.807) is 0 Å². The number of halogens is 3. The van der Waals surface area contributed by atoms with Crippen LogP contribution in [0.2, 0.25) is 0 Å². The molecule has 0 unspecified atom stereocenters. The molecule has 0 aliphatic rings. The van der Waals surface area contributed by atoms with Crippen LogP contribution >= 0.6 is 0 Å². The van der Waals surface area contributed by atoms with Gasteiger partial charge in [-0.25, -0.2) is 4.79 Å². The summed E-state index contributed by atoms with van der Waals surface area (Å²) in [5.74, 6) is -1.38. The Labute approximate surface area is 73.2 Å². The highest BCUT2D eigenvalue weighted by Crippen LogP contribution is 2.25. The normalized spacial score (nSPS) is 13.6. The molecule has 3 nitrogen and oxygen atoms in total. The Balaban J connectivity index is 4.68. The standard InChI is InChI=1S/C7H10F3NO2/c1-4(3-7(8,9)10)5(11-2)6(12)13/h11H,3H2,1-2H3,(H,12,13)/b5-4+. The van der Waals surface area contributed by atoms with Crippen molar-refractivity contribution in [1.29, 1.82) is 0 Å². The zero-order valence-electron chi connectivity index (χ0n) is 7.20. The van der Waals surface area contributed by atoms with Gasteiger partial charge >= 0.3 is 12.1 Å². The summed E-state index contributed by atoms with van der Waals surface area (Å²) in [7, 11) is 1.27. The van der Waals surface area contributed by atoms with Crippen molar-refractivity contribution < 1.29 is 23.1 Å². The van der Waals surface area contributed by atoms with Crippen LogP contribution in [0.4, 0.5) is 13.2 Å². The minimum atomic E-state index is -4.37. The van der Waals surface area contributed by atoms with Crippen molar-refractivity contribution in [2.24, 2.45) is 0 Å². The summed E-state index contributed by atoms with van der Waals surface area (Å²) in [6, 6.07) is 0. The monoisotopic (exact) mass is 197 g/mol. The van der Waals surface area contributed by atoms with E-state index in [4.69, 9.17) is 5.11 Å². The molecule has 6 heteroatoms. The molecule has 0 aromatic heterocycles. The number of hydrogen-bond donors (Lipinski definition) is 2. The lowest BCUT2D eigenvalue weighted by molar-refractivity contribution is -0.133. The van der Waals surface area contributed by atoms with Crippen LogP contribution in [0.3, 0.4) is 0 Å². The minimum absolute atomic E-state index is 0.234. The molecule has 0 amide bonds. The molecule has 0 fully saturated rings. The molecule has 0 spiro atoms. The average molecular weight is 197 g/mol. The van der Waals surface area contributed by atoms with Crippen molar-refractivity contribution in [2.75, 3.05) is 7.05 Å². The zero-order valence-corrected chi connectivity index (χ0v) is 7.20. The molecule has 0 bridgehead atoms. The van der Waals surface area contributed by atoms with Crippen LogP contribution in [0.15, 0.2) is 11.3 Å². The van der Waals surface area contributed by atoms with E-state index in [1.807, 2.05) is 0 Å². The smallest absolute Gasteiger partial charge is 0.392 e. The lowest BCUT2D eigenvalue weighted by atomic mass is 10.1. The van der Waals surface area contributed by atoms with E-state index in [-0.39, 0.29) is 5.57 Å². The number of rotatable bonds is 3. The van der Waals surface area contributed by atoms with Gasteiger partial charge in [0.25, 0.3) is 0 Å². The Bertz CT molecular complexity index is 232. The first-order valence-electron chi connectivity index (χ1n) is 3.45. The van der Waals surface area contributed by atoms with Gasteiger partial charge in [0, 0.05) is 7.05 Å². The number of hydrogen-bond acceptors (Lipinski definition) is 2. The third-order valence-electron chi connectivity index (χ3n) is 1.36. The van der Waals surface area contributed by atoms with Gasteiger partial charge in [-0.1, -0.05) is 0 Å². The molecule has 0 saturated heterocycles. The Morgan fingerprint density at radius 2 is 1.92 bits per heavy atom. The van der Waals surface area contributed by atoms with Gasteiger partial charge in [0.2, 0.25) is 0 Å². The van der Waals surface area contributed by atoms with Gasteiger partial charge in [0.05, 0.1) is 6.42 Å². The fourth-order valence-electron chi connectivity index (χ4n) is 0.892. The summed E-state index contributed by atoms with van der Waals surface area (Å²) in [5.41, 5.74) is -0.639. The number of alkyl halides is 3. The number of likely N-dealkylation sites (N-methyl/N-ethyl adjacent to an activating group) is 1. The van der Waals surface area contributed by atoms with Crippen LogP contribution < -0.4 is 5.32 Å². The Kier molecular flexibility index (Phi) is 3.77. The lowest BCUT2D eigenvalue weighted by Gasteiger charge is -2.09. The number of carbonyl (C=O) groups is 1. The molecule has 76 valence electrons. The minimum Gasteiger partial charge on any atom is -0.477 e. The molecule has 0 aliphatic heterocycles. The van der Waals surface area contributed by atoms with E-state index in [0.717, 1.165) is 6.92 Å². The van der Waals surface area contributed by atoms with Crippen LogP contribution in [-0.2, 0) is 4.79 Å². The first-order valence-corrected chi connectivity index (χ1v) is 3.45. The third-order valence-corrected chi connectivity index (χ3v) is 1.36. The first-order chi connectivity index (χ1) is 5.78. The van der Waals surface area contributed by atoms with E-state index in [0.29, 0.717) is 0 Å². The topological polar surface area (TPSA) is 49.3 Å². The molecule has 2 N–H and O–H groups in total. The molecular formula is C7H10F3NO2. The molecule has 0 heterocycles. The summed E-state index contributed by atoms with van der Waals surface area (Å²) in [6.07, 6.45) is -5.59. The van der Waals surface area contributed by atoms with E-state index in [9.17, 15) is 18.0 Å². The number of carboxylic acid groups (broad SMARTS) is 1. The van der Waals surface area contributed by atoms with E-state index in [2.05, 4.69) is 5.32 Å². The fraction of sp³-hybridized carbons (Fsp3) is 0.571. The lowest BCUT2D eigenvalue weighted by Crippen LogP contribution is -2.20. The van der Waals surface area contributed by atoms with Crippen LogP contribution in [-0.4, -0.2) is 24.3 Å². The van der Waals surface area contributed by atoms with Gasteiger partial charge in [-0.15, -0.1) is 0 Å². The van der Waals surface area contributed by atoms with Crippen molar-refractivity contribution in [2.45, 2.75) is 19.5 Å². The van der Waals surface area contributed by atoms with Gasteiger partial charge in [0.15, 0.2) is 0 Å². The number of aliphatic carboxylic acids is 1. The predicted octanol–water partition coefficient (Wildman–Crippen LogP) is 1.52. The number of carboxylic acids is 1. The van der Waals surface area contributed by atoms with Crippen molar-refractivity contribution >= 4 is 5.97 Å². The molecule has 0 saturated carbocycles. The number of nitrogens with one attached hydrogen (secondary N) is 1. The summed E-state index contributed by atoms with van der Waals surface area (Å²) in [6.45, 7) is 1.13. The van der Waals surface area contributed by atoms with E-state index in [1.165, 1.54) is 7.05 Å². The molecule has 13 heavy (non-hydrogen) atoms. The Morgan fingerprint density at radius 1 is 1.46 bits per heavy atom. The zero-order chi connectivity index (χ0) is 10.6. The predicted molar refractivity (Wildman–Crippen MR) is 40.1 cm³/mol. The molecule has 0 radical (unpaired) electrons. The van der Waals surface area contributed by atoms with Crippen LogP contribution in [0.1, 0.15) is 13.3 Å². The van der Waals surface area contributed by atoms with Gasteiger partial charge in [-0.3, -0.25) is 0 Å². The van der Waals surface area contributed by atoms with Crippen LogP contribution in [0.25, 0.3) is 0 Å². The molecule has 0 aromatic rings. The summed E-state index contributed by atoms with van der Waals surface area (Å²) < 4.78 is 35.4. The fourth-order valence-corrected chi connectivity index (χ4v) is 0.892. The Morgan fingerprint density at radius 3 is 2.15 bits per heavy atom. The quantitative estimate of drug-likeness (QED) is 0.674. The highest BCUT2D eigenvalue weighted by molar-refractivity contribution is 5.86. The second-order valence-electron chi connectivity index (χ2n) is 2.50. The average Bonchev–Trinajstić information content (AvgIpc) is 1.82. The summed E-state index contributed by atoms with van der Waals surface area (Å²) in [5, 5.41) is 10.7. The summed E-state index contributed by atoms with van der Waals surface area (Å²) in [4.78, 5) is 10.4. The largest absolute Gasteiger partial charge is 0.477 e. The second kappa shape index (κ2) is 4.15. The maximum absolute atomic E-state index is 11.8. The van der Waals surface area contributed by atoms with Gasteiger partial charge in [-0.2, -0.15) is 13.2 Å². The first kappa shape index (κ1) is 11.8. The maximum Gasteiger partial charge on any atom is 0.392 e. The number of allylic oxidation sites excluding steroid dienone is 1. The van der Waals surface area contributed by atoms with Gasteiger partial charge < -0.3 is 10.4 Å². The summed E-state index contributed by atoms with van der Waals surface area (Å²) >= 11 is 0. The molecule has 0 aromatic carbocycles. The van der Waals surface area contributed by atoms with Gasteiger partial charge in [-0.05, 0) is 12.5 Å². The van der Waals surface area contributed by atoms with Crippen LogP contribution in [0.5, 0.6) is 0 Å². The van der Waals surface area contributed by atoms with Crippen molar-refractivity contribution in [3.8, 4) is 0 Å². The SMILES string of the molecule is CN/C(C(=O)O)=C(\C)CC(F)(F)F. The van der Waals surface area contributed by atoms with Crippen molar-refractivity contribution in [3.63, 3.8) is 0 Å². The highest BCUT2D eigenvalue weighted by Gasteiger charge is 2.29. The van der Waals surface area contributed by atoms with Gasteiger partial charge in [0.1, 0.15) is 5.70 Å². The molecular weight excluding hydrogens is 187 g/mol. The molecule has 0 aliphatic carbocycles. The second-order valence-corrected chi connectivity index (χ2v) is 2.50.